The van der Waals surface area contributed by atoms with E-state index in [-0.39, 0.29) is 11.3 Å². The maximum absolute atomic E-state index is 13.5. The maximum Gasteiger partial charge on any atom is 0.282 e. The van der Waals surface area contributed by atoms with Crippen molar-refractivity contribution in [2.45, 2.75) is 13.8 Å². The highest BCUT2D eigenvalue weighted by molar-refractivity contribution is 6.46. The SMILES string of the molecule is Cc1ccc(NC2=C(c3ccc(F)cc3)C(=O)N(c3ccc(Cl)cc3C)C2=O)cc1. The third-order valence-electron chi connectivity index (χ3n) is 4.94. The van der Waals surface area contributed by atoms with Gasteiger partial charge in [0, 0.05) is 10.7 Å². The van der Waals surface area contributed by atoms with Crippen LogP contribution < -0.4 is 10.2 Å². The number of nitrogens with zero attached hydrogens (tertiary/aromatic N) is 1. The monoisotopic (exact) mass is 420 g/mol. The second kappa shape index (κ2) is 7.76. The molecule has 1 heterocycles. The van der Waals surface area contributed by atoms with E-state index in [0.717, 1.165) is 10.5 Å². The first kappa shape index (κ1) is 19.9. The van der Waals surface area contributed by atoms with Crippen LogP contribution in [0, 0.1) is 19.7 Å². The molecule has 6 heteroatoms. The second-order valence-corrected chi connectivity index (χ2v) is 7.56. The van der Waals surface area contributed by atoms with Crippen molar-refractivity contribution in [2.75, 3.05) is 10.2 Å². The van der Waals surface area contributed by atoms with Crippen molar-refractivity contribution in [1.82, 2.24) is 0 Å². The number of hydrogen-bond acceptors (Lipinski definition) is 3. The molecule has 4 rings (SSSR count). The fraction of sp³-hybridized carbons (Fsp3) is 0.0833. The van der Waals surface area contributed by atoms with Crippen LogP contribution in [0.25, 0.3) is 5.57 Å². The normalized spacial score (nSPS) is 13.9. The Morgan fingerprint density at radius 1 is 0.867 bits per heavy atom. The summed E-state index contributed by atoms with van der Waals surface area (Å²) < 4.78 is 13.5. The molecule has 0 saturated heterocycles. The van der Waals surface area contributed by atoms with E-state index >= 15 is 0 Å². The van der Waals surface area contributed by atoms with E-state index in [1.165, 1.54) is 24.3 Å². The minimum absolute atomic E-state index is 0.143. The third kappa shape index (κ3) is 3.60. The predicted molar refractivity (Wildman–Crippen MR) is 117 cm³/mol. The summed E-state index contributed by atoms with van der Waals surface area (Å²) in [5.74, 6) is -1.38. The summed E-state index contributed by atoms with van der Waals surface area (Å²) in [6, 6.07) is 18.0. The van der Waals surface area contributed by atoms with Crippen LogP contribution in [0.2, 0.25) is 5.02 Å². The van der Waals surface area contributed by atoms with Crippen LogP contribution >= 0.6 is 11.6 Å². The quantitative estimate of drug-likeness (QED) is 0.567. The zero-order valence-electron chi connectivity index (χ0n) is 16.4. The Kier molecular flexibility index (Phi) is 5.14. The largest absolute Gasteiger partial charge is 0.350 e. The zero-order valence-corrected chi connectivity index (χ0v) is 17.1. The van der Waals surface area contributed by atoms with Gasteiger partial charge >= 0.3 is 0 Å². The number of imide groups is 1. The second-order valence-electron chi connectivity index (χ2n) is 7.12. The summed E-state index contributed by atoms with van der Waals surface area (Å²) in [5, 5.41) is 3.60. The maximum atomic E-state index is 13.5. The highest BCUT2D eigenvalue weighted by Crippen LogP contribution is 2.35. The molecule has 3 aromatic carbocycles. The van der Waals surface area contributed by atoms with Gasteiger partial charge in [-0.2, -0.15) is 0 Å². The molecule has 4 nitrogen and oxygen atoms in total. The van der Waals surface area contributed by atoms with Gasteiger partial charge in [-0.25, -0.2) is 9.29 Å². The van der Waals surface area contributed by atoms with Crippen LogP contribution in [0.15, 0.2) is 72.4 Å². The number of anilines is 2. The van der Waals surface area contributed by atoms with Gasteiger partial charge in [0.05, 0.1) is 11.3 Å². The van der Waals surface area contributed by atoms with Crippen molar-refractivity contribution in [2.24, 2.45) is 0 Å². The number of hydrogen-bond donors (Lipinski definition) is 1. The lowest BCUT2D eigenvalue weighted by atomic mass is 10.0. The van der Waals surface area contributed by atoms with Crippen molar-refractivity contribution < 1.29 is 14.0 Å². The van der Waals surface area contributed by atoms with Crippen molar-refractivity contribution in [1.29, 1.82) is 0 Å². The molecule has 3 aromatic rings. The molecule has 0 radical (unpaired) electrons. The molecule has 0 unspecified atom stereocenters. The van der Waals surface area contributed by atoms with Gasteiger partial charge in [-0.05, 0) is 67.4 Å². The van der Waals surface area contributed by atoms with E-state index in [0.29, 0.717) is 27.5 Å². The van der Waals surface area contributed by atoms with E-state index in [1.54, 1.807) is 25.1 Å². The molecule has 1 N–H and O–H groups in total. The van der Waals surface area contributed by atoms with Crippen LogP contribution in [-0.4, -0.2) is 11.8 Å². The van der Waals surface area contributed by atoms with Crippen LogP contribution in [0.1, 0.15) is 16.7 Å². The third-order valence-corrected chi connectivity index (χ3v) is 5.17. The van der Waals surface area contributed by atoms with E-state index in [4.69, 9.17) is 11.6 Å². The molecule has 0 aromatic heterocycles. The van der Waals surface area contributed by atoms with Crippen molar-refractivity contribution in [3.63, 3.8) is 0 Å². The average Bonchev–Trinajstić information content (AvgIpc) is 2.95. The first-order valence-electron chi connectivity index (χ1n) is 9.34. The summed E-state index contributed by atoms with van der Waals surface area (Å²) in [6.45, 7) is 3.74. The minimum atomic E-state index is -0.481. The number of benzene rings is 3. The zero-order chi connectivity index (χ0) is 21.4. The number of carbonyl (C=O) groups is 2. The van der Waals surface area contributed by atoms with Crippen LogP contribution in [0.3, 0.4) is 0 Å². The molecule has 1 aliphatic rings. The van der Waals surface area contributed by atoms with Gasteiger partial charge in [0.25, 0.3) is 11.8 Å². The summed E-state index contributed by atoms with van der Waals surface area (Å²) in [6.07, 6.45) is 0. The van der Waals surface area contributed by atoms with Gasteiger partial charge in [-0.15, -0.1) is 0 Å². The van der Waals surface area contributed by atoms with Crippen LogP contribution in [-0.2, 0) is 9.59 Å². The molecule has 150 valence electrons. The number of rotatable bonds is 4. The highest BCUT2D eigenvalue weighted by Gasteiger charge is 2.40. The van der Waals surface area contributed by atoms with Gasteiger partial charge in [-0.1, -0.05) is 41.4 Å². The molecule has 2 amide bonds. The Morgan fingerprint density at radius 2 is 1.53 bits per heavy atom. The number of aryl methyl sites for hydroxylation is 2. The van der Waals surface area contributed by atoms with Gasteiger partial charge in [-0.3, -0.25) is 9.59 Å². The minimum Gasteiger partial charge on any atom is -0.350 e. The van der Waals surface area contributed by atoms with E-state index in [1.807, 2.05) is 31.2 Å². The molecular weight excluding hydrogens is 403 g/mol. The molecule has 1 aliphatic heterocycles. The fourth-order valence-electron chi connectivity index (χ4n) is 3.40. The van der Waals surface area contributed by atoms with Crippen molar-refractivity contribution >= 4 is 40.4 Å². The van der Waals surface area contributed by atoms with Crippen molar-refractivity contribution in [3.8, 4) is 0 Å². The van der Waals surface area contributed by atoms with E-state index in [2.05, 4.69) is 5.32 Å². The Bertz CT molecular complexity index is 1180. The van der Waals surface area contributed by atoms with Crippen LogP contribution in [0.5, 0.6) is 0 Å². The lowest BCUT2D eigenvalue weighted by molar-refractivity contribution is -0.120. The Labute approximate surface area is 178 Å². The number of nitrogens with one attached hydrogen (secondary N) is 1. The molecule has 0 aliphatic carbocycles. The van der Waals surface area contributed by atoms with Gasteiger partial charge in [0.1, 0.15) is 11.5 Å². The van der Waals surface area contributed by atoms with Crippen molar-refractivity contribution in [3.05, 3.63) is 100.0 Å². The molecular formula is C24H18ClFN2O2. The first-order chi connectivity index (χ1) is 14.3. The van der Waals surface area contributed by atoms with Gasteiger partial charge in [0.2, 0.25) is 0 Å². The van der Waals surface area contributed by atoms with E-state index < -0.39 is 17.6 Å². The molecule has 30 heavy (non-hydrogen) atoms. The number of amides is 2. The average molecular weight is 421 g/mol. The lowest BCUT2D eigenvalue weighted by Gasteiger charge is -2.18. The molecule has 0 atom stereocenters. The fourth-order valence-corrected chi connectivity index (χ4v) is 3.63. The smallest absolute Gasteiger partial charge is 0.282 e. The molecule has 0 fully saturated rings. The number of halogens is 2. The highest BCUT2D eigenvalue weighted by atomic mass is 35.5. The lowest BCUT2D eigenvalue weighted by Crippen LogP contribution is -2.33. The van der Waals surface area contributed by atoms with Crippen LogP contribution in [0.4, 0.5) is 15.8 Å². The first-order valence-corrected chi connectivity index (χ1v) is 9.72. The van der Waals surface area contributed by atoms with E-state index in [9.17, 15) is 14.0 Å². The summed E-state index contributed by atoms with van der Waals surface area (Å²) in [7, 11) is 0. The Balaban J connectivity index is 1.83. The number of carbonyl (C=O) groups excluding carboxylic acids is 2. The molecule has 0 bridgehead atoms. The molecule has 0 spiro atoms. The standard InChI is InChI=1S/C24H18ClFN2O2/c1-14-3-10-19(11-4-14)27-22-21(16-5-8-18(26)9-6-16)23(29)28(24(22)30)20-12-7-17(25)13-15(20)2/h3-13,27H,1-2H3. The summed E-state index contributed by atoms with van der Waals surface area (Å²) in [4.78, 5) is 27.9. The predicted octanol–water partition coefficient (Wildman–Crippen LogP) is 5.49. The Hall–Kier alpha value is -3.44. The topological polar surface area (TPSA) is 49.4 Å². The summed E-state index contributed by atoms with van der Waals surface area (Å²) in [5.41, 5.74) is 3.68. The summed E-state index contributed by atoms with van der Waals surface area (Å²) >= 11 is 6.04. The molecule has 0 saturated carbocycles. The Morgan fingerprint density at radius 3 is 2.17 bits per heavy atom. The van der Waals surface area contributed by atoms with Gasteiger partial charge < -0.3 is 5.32 Å². The van der Waals surface area contributed by atoms with Gasteiger partial charge in [0.15, 0.2) is 0 Å².